The Hall–Kier alpha value is -2.79. The van der Waals surface area contributed by atoms with Gasteiger partial charge in [0.05, 0.1) is 12.0 Å². The third kappa shape index (κ3) is 5.67. The summed E-state index contributed by atoms with van der Waals surface area (Å²) >= 11 is 0. The molecule has 0 fully saturated rings. The first kappa shape index (κ1) is 22.9. The van der Waals surface area contributed by atoms with Crippen LogP contribution >= 0.6 is 0 Å². The van der Waals surface area contributed by atoms with Gasteiger partial charge in [-0.2, -0.15) is 4.31 Å². The van der Waals surface area contributed by atoms with Crippen LogP contribution in [0, 0.1) is 0 Å². The molecule has 2 heterocycles. The van der Waals surface area contributed by atoms with Crippen molar-refractivity contribution in [2.45, 2.75) is 11.3 Å². The van der Waals surface area contributed by atoms with Gasteiger partial charge in [-0.05, 0) is 43.3 Å². The van der Waals surface area contributed by atoms with Gasteiger partial charge in [0.15, 0.2) is 0 Å². The number of pyridine rings is 1. The van der Waals surface area contributed by atoms with Crippen LogP contribution in [0.2, 0.25) is 0 Å². The van der Waals surface area contributed by atoms with Crippen LogP contribution in [-0.2, 0) is 19.7 Å². The molecule has 166 valence electrons. The number of hydrogen-bond donors (Lipinski definition) is 3. The second-order valence-electron chi connectivity index (χ2n) is 6.96. The van der Waals surface area contributed by atoms with Crippen LogP contribution in [-0.4, -0.2) is 64.0 Å². The molecule has 1 aromatic heterocycles. The maximum atomic E-state index is 13.0. The Morgan fingerprint density at radius 1 is 1.13 bits per heavy atom. The van der Waals surface area contributed by atoms with Gasteiger partial charge in [-0.1, -0.05) is 18.2 Å². The maximum Gasteiger partial charge on any atom is 0.270 e. The van der Waals surface area contributed by atoms with Crippen molar-refractivity contribution in [3.05, 3.63) is 54.2 Å². The molecule has 3 rings (SSSR count). The molecule has 0 unspecified atom stereocenters. The molecule has 1 aromatic carbocycles. The largest absolute Gasteiger partial charge is 0.369 e. The molecule has 31 heavy (non-hydrogen) atoms. The van der Waals surface area contributed by atoms with Crippen molar-refractivity contribution >= 4 is 21.7 Å². The van der Waals surface area contributed by atoms with Crippen LogP contribution in [0.25, 0.3) is 11.1 Å². The number of rotatable bonds is 9. The lowest BCUT2D eigenvalue weighted by Gasteiger charge is -2.25. The quantitative estimate of drug-likeness (QED) is 0.395. The standard InChI is InChI=1S/C21H27N5O4S/c1-22-11-12-23-20-8-5-18(15-24-20)16-3-6-19(7-4-16)31(28,29)26-13-9-17(10-14-26)21(27)25-30-2/h3-9,15,22H,10-14H2,1-2H3,(H,23,24)(H,25,27). The number of amides is 1. The molecule has 0 atom stereocenters. The van der Waals surface area contributed by atoms with Crippen molar-refractivity contribution in [2.24, 2.45) is 0 Å². The lowest BCUT2D eigenvalue weighted by atomic mass is 10.1. The van der Waals surface area contributed by atoms with E-state index in [0.29, 0.717) is 12.0 Å². The molecule has 0 bridgehead atoms. The molecule has 1 aliphatic heterocycles. The van der Waals surface area contributed by atoms with Gasteiger partial charge >= 0.3 is 0 Å². The molecule has 1 aliphatic rings. The summed E-state index contributed by atoms with van der Waals surface area (Å²) in [5, 5.41) is 6.27. The zero-order valence-corrected chi connectivity index (χ0v) is 18.4. The number of hydrogen-bond acceptors (Lipinski definition) is 7. The van der Waals surface area contributed by atoms with Crippen LogP contribution in [0.15, 0.2) is 59.1 Å². The summed E-state index contributed by atoms with van der Waals surface area (Å²) in [6, 6.07) is 10.6. The summed E-state index contributed by atoms with van der Waals surface area (Å²) in [7, 11) is -0.401. The molecule has 1 amide bonds. The van der Waals surface area contributed by atoms with E-state index in [0.717, 1.165) is 30.0 Å². The number of nitrogens with one attached hydrogen (secondary N) is 3. The number of carbonyl (C=O) groups is 1. The predicted molar refractivity (Wildman–Crippen MR) is 119 cm³/mol. The Bertz CT molecular complexity index is 1020. The minimum absolute atomic E-state index is 0.141. The minimum atomic E-state index is -3.65. The van der Waals surface area contributed by atoms with Gasteiger partial charge in [-0.15, -0.1) is 0 Å². The topological polar surface area (TPSA) is 113 Å². The third-order valence-electron chi connectivity index (χ3n) is 4.93. The molecular weight excluding hydrogens is 418 g/mol. The molecule has 2 aromatic rings. The first-order valence-corrected chi connectivity index (χ1v) is 11.4. The number of carbonyl (C=O) groups excluding carboxylic acids is 1. The molecular formula is C21H27N5O4S. The molecule has 10 heteroatoms. The minimum Gasteiger partial charge on any atom is -0.369 e. The van der Waals surface area contributed by atoms with E-state index in [1.54, 1.807) is 36.5 Å². The van der Waals surface area contributed by atoms with E-state index in [9.17, 15) is 13.2 Å². The van der Waals surface area contributed by atoms with E-state index in [-0.39, 0.29) is 23.9 Å². The zero-order valence-electron chi connectivity index (χ0n) is 17.6. The van der Waals surface area contributed by atoms with Crippen molar-refractivity contribution < 1.29 is 18.0 Å². The second kappa shape index (κ2) is 10.5. The number of hydroxylamine groups is 1. The van der Waals surface area contributed by atoms with E-state index in [1.807, 2.05) is 19.2 Å². The average molecular weight is 446 g/mol. The third-order valence-corrected chi connectivity index (χ3v) is 6.81. The summed E-state index contributed by atoms with van der Waals surface area (Å²) in [6.45, 7) is 1.99. The highest BCUT2D eigenvalue weighted by molar-refractivity contribution is 7.89. The normalized spacial score (nSPS) is 14.7. The Kier molecular flexibility index (Phi) is 7.75. The van der Waals surface area contributed by atoms with Gasteiger partial charge < -0.3 is 10.6 Å². The molecule has 0 aliphatic carbocycles. The first-order valence-electron chi connectivity index (χ1n) is 9.93. The number of likely N-dealkylation sites (N-methyl/N-ethyl adjacent to an activating group) is 1. The number of benzene rings is 1. The summed E-state index contributed by atoms with van der Waals surface area (Å²) in [5.41, 5.74) is 4.55. The number of aromatic nitrogens is 1. The van der Waals surface area contributed by atoms with Crippen LogP contribution in [0.5, 0.6) is 0 Å². The van der Waals surface area contributed by atoms with Crippen LogP contribution in [0.1, 0.15) is 6.42 Å². The van der Waals surface area contributed by atoms with E-state index in [2.05, 4.69) is 25.9 Å². The summed E-state index contributed by atoms with van der Waals surface area (Å²) in [6.07, 6.45) is 3.70. The van der Waals surface area contributed by atoms with Gasteiger partial charge in [0.2, 0.25) is 10.0 Å². The lowest BCUT2D eigenvalue weighted by molar-refractivity contribution is -0.127. The van der Waals surface area contributed by atoms with E-state index >= 15 is 0 Å². The zero-order chi connectivity index (χ0) is 22.3. The van der Waals surface area contributed by atoms with Crippen LogP contribution in [0.4, 0.5) is 5.82 Å². The summed E-state index contributed by atoms with van der Waals surface area (Å²) in [5.74, 6) is 0.440. The van der Waals surface area contributed by atoms with Gasteiger partial charge in [0.25, 0.3) is 5.91 Å². The monoisotopic (exact) mass is 445 g/mol. The van der Waals surface area contributed by atoms with Gasteiger partial charge in [-0.25, -0.2) is 18.9 Å². The Morgan fingerprint density at radius 3 is 2.45 bits per heavy atom. The summed E-state index contributed by atoms with van der Waals surface area (Å²) < 4.78 is 27.3. The first-order chi connectivity index (χ1) is 15.0. The lowest BCUT2D eigenvalue weighted by Crippen LogP contribution is -2.37. The highest BCUT2D eigenvalue weighted by Gasteiger charge is 2.27. The molecule has 9 nitrogen and oxygen atoms in total. The van der Waals surface area contributed by atoms with Crippen molar-refractivity contribution in [3.8, 4) is 11.1 Å². The highest BCUT2D eigenvalue weighted by atomic mass is 32.2. The second-order valence-corrected chi connectivity index (χ2v) is 8.90. The summed E-state index contributed by atoms with van der Waals surface area (Å²) in [4.78, 5) is 21.0. The fraction of sp³-hybridized carbons (Fsp3) is 0.333. The molecule has 0 spiro atoms. The smallest absolute Gasteiger partial charge is 0.270 e. The Labute approximate surface area is 182 Å². The molecule has 0 saturated heterocycles. The molecule has 3 N–H and O–H groups in total. The van der Waals surface area contributed by atoms with Gasteiger partial charge in [0, 0.05) is 43.5 Å². The SMILES string of the molecule is CNCCNc1ccc(-c2ccc(S(=O)(=O)N3CC=C(C(=O)NOC)CC3)cc2)cn1. The number of nitrogens with zero attached hydrogens (tertiary/aromatic N) is 2. The van der Waals surface area contributed by atoms with Crippen molar-refractivity contribution in [2.75, 3.05) is 45.7 Å². The van der Waals surface area contributed by atoms with Crippen LogP contribution in [0.3, 0.4) is 0 Å². The number of anilines is 1. The average Bonchev–Trinajstić information content (AvgIpc) is 2.80. The maximum absolute atomic E-state index is 13.0. The molecule has 0 saturated carbocycles. The Balaban J connectivity index is 1.67. The van der Waals surface area contributed by atoms with Crippen molar-refractivity contribution in [1.82, 2.24) is 20.1 Å². The highest BCUT2D eigenvalue weighted by Crippen LogP contribution is 2.25. The fourth-order valence-corrected chi connectivity index (χ4v) is 4.57. The molecule has 0 radical (unpaired) electrons. The predicted octanol–water partition coefficient (Wildman–Crippen LogP) is 1.38. The van der Waals surface area contributed by atoms with E-state index in [1.165, 1.54) is 11.4 Å². The van der Waals surface area contributed by atoms with Crippen molar-refractivity contribution in [1.29, 1.82) is 0 Å². The van der Waals surface area contributed by atoms with Crippen molar-refractivity contribution in [3.63, 3.8) is 0 Å². The van der Waals surface area contributed by atoms with E-state index < -0.39 is 10.0 Å². The van der Waals surface area contributed by atoms with Gasteiger partial charge in [0.1, 0.15) is 5.82 Å². The number of sulfonamides is 1. The van der Waals surface area contributed by atoms with Gasteiger partial charge in [-0.3, -0.25) is 9.63 Å². The van der Waals surface area contributed by atoms with E-state index in [4.69, 9.17) is 0 Å². The van der Waals surface area contributed by atoms with Crippen LogP contribution < -0.4 is 16.1 Å². The Morgan fingerprint density at radius 2 is 1.87 bits per heavy atom. The fourth-order valence-electron chi connectivity index (χ4n) is 3.19.